The van der Waals surface area contributed by atoms with Gasteiger partial charge in [0.2, 0.25) is 6.29 Å². The van der Waals surface area contributed by atoms with Crippen LogP contribution in [0.3, 0.4) is 0 Å². The lowest BCUT2D eigenvalue weighted by Gasteiger charge is -2.41. The number of ether oxygens (including phenoxy) is 4. The van der Waals surface area contributed by atoms with Crippen molar-refractivity contribution in [3.05, 3.63) is 29.8 Å². The fraction of sp³-hybridized carbons (Fsp3) is 0.684. The lowest BCUT2D eigenvalue weighted by atomic mass is 9.99. The van der Waals surface area contributed by atoms with Crippen LogP contribution in [-0.2, 0) is 20.6 Å². The second-order valence-electron chi connectivity index (χ2n) is 7.71. The van der Waals surface area contributed by atoms with E-state index >= 15 is 0 Å². The van der Waals surface area contributed by atoms with Crippen molar-refractivity contribution in [1.29, 1.82) is 0 Å². The first-order chi connectivity index (χ1) is 15.2. The Kier molecular flexibility index (Phi) is 8.74. The second kappa shape index (κ2) is 11.1. The number of nitrogens with zero attached hydrogens (tertiary/aromatic N) is 1. The smallest absolute Gasteiger partial charge is 0.229 e. The molecule has 182 valence electrons. The third-order valence-electron chi connectivity index (χ3n) is 5.32. The van der Waals surface area contributed by atoms with Gasteiger partial charge in [0.15, 0.2) is 6.29 Å². The topological polar surface area (TPSA) is 202 Å². The molecule has 2 aliphatic heterocycles. The highest BCUT2D eigenvalue weighted by molar-refractivity contribution is 5.27. The molecule has 0 amide bonds. The van der Waals surface area contributed by atoms with Crippen molar-refractivity contribution in [3.8, 4) is 5.75 Å². The van der Waals surface area contributed by atoms with Crippen molar-refractivity contribution < 1.29 is 60.0 Å². The van der Waals surface area contributed by atoms with E-state index in [1.165, 1.54) is 0 Å². The highest BCUT2D eigenvalue weighted by Gasteiger charge is 2.46. The van der Waals surface area contributed by atoms with E-state index in [0.717, 1.165) is 5.56 Å². The van der Waals surface area contributed by atoms with Gasteiger partial charge in [0.25, 0.3) is 0 Å². The Morgan fingerprint density at radius 2 is 1.50 bits per heavy atom. The average molecular weight is 463 g/mol. The highest BCUT2D eigenvalue weighted by Crippen LogP contribution is 2.26. The summed E-state index contributed by atoms with van der Waals surface area (Å²) in [5.74, 6) is 0.286. The molecule has 2 saturated heterocycles. The molecular formula is C19H29NO12. The van der Waals surface area contributed by atoms with Gasteiger partial charge in [-0.05, 0) is 24.1 Å². The third-order valence-corrected chi connectivity index (χ3v) is 5.32. The first-order valence-corrected chi connectivity index (χ1v) is 10.1. The van der Waals surface area contributed by atoms with E-state index in [9.17, 15) is 30.6 Å². The van der Waals surface area contributed by atoms with Crippen LogP contribution in [0.4, 0.5) is 0 Å². The molecule has 9 unspecified atom stereocenters. The van der Waals surface area contributed by atoms with Crippen LogP contribution in [0, 0.1) is 0 Å². The van der Waals surface area contributed by atoms with Gasteiger partial charge in [0.05, 0.1) is 19.8 Å². The van der Waals surface area contributed by atoms with Crippen LogP contribution in [0.1, 0.15) is 5.56 Å². The minimum Gasteiger partial charge on any atom is -0.462 e. The van der Waals surface area contributed by atoms with Gasteiger partial charge in [0, 0.05) is 0 Å². The molecule has 8 N–H and O–H groups in total. The zero-order chi connectivity index (χ0) is 23.4. The molecule has 2 aliphatic rings. The average Bonchev–Trinajstić information content (AvgIpc) is 2.77. The maximum absolute atomic E-state index is 10.2. The van der Waals surface area contributed by atoms with Gasteiger partial charge < -0.3 is 49.6 Å². The van der Waals surface area contributed by atoms with E-state index in [1.807, 2.05) is 0 Å². The number of aliphatic hydroxyl groups is 6. The van der Waals surface area contributed by atoms with Crippen LogP contribution in [0.15, 0.2) is 24.3 Å². The van der Waals surface area contributed by atoms with E-state index in [4.69, 9.17) is 29.4 Å². The molecule has 0 aliphatic carbocycles. The maximum Gasteiger partial charge on any atom is 0.229 e. The zero-order valence-electron chi connectivity index (χ0n) is 17.0. The molecule has 0 radical (unpaired) electrons. The number of hydroxylamine groups is 2. The molecule has 1 aromatic rings. The van der Waals surface area contributed by atoms with E-state index in [2.05, 4.69) is 0 Å². The van der Waals surface area contributed by atoms with Crippen LogP contribution in [0.5, 0.6) is 5.75 Å². The number of hydrogen-bond acceptors (Lipinski definition) is 13. The molecule has 13 nitrogen and oxygen atoms in total. The summed E-state index contributed by atoms with van der Waals surface area (Å²) in [6, 6.07) is 6.46. The van der Waals surface area contributed by atoms with Crippen LogP contribution in [0.2, 0.25) is 0 Å². The zero-order valence-corrected chi connectivity index (χ0v) is 17.0. The summed E-state index contributed by atoms with van der Waals surface area (Å²) in [5.41, 5.74) is 0.788. The standard InChI is InChI=1S/C19H29NO12/c21-11-7-29-18(16(25)13(11)22)30-8-12-14(23)15(24)17(26)19(32-12)31-10-3-1-9(2-4-10)5-6-20(27)28/h1-4,11-19,21-28H,5-8H2. The van der Waals surface area contributed by atoms with Gasteiger partial charge in [-0.25, -0.2) is 0 Å². The van der Waals surface area contributed by atoms with E-state index in [1.54, 1.807) is 24.3 Å². The predicted molar refractivity (Wildman–Crippen MR) is 101 cm³/mol. The Balaban J connectivity index is 1.57. The van der Waals surface area contributed by atoms with Gasteiger partial charge in [-0.3, -0.25) is 10.4 Å². The van der Waals surface area contributed by atoms with Crippen LogP contribution in [-0.4, -0.2) is 121 Å². The van der Waals surface area contributed by atoms with Crippen molar-refractivity contribution >= 4 is 0 Å². The fourth-order valence-corrected chi connectivity index (χ4v) is 3.37. The van der Waals surface area contributed by atoms with Crippen LogP contribution >= 0.6 is 0 Å². The summed E-state index contributed by atoms with van der Waals surface area (Å²) >= 11 is 0. The number of aliphatic hydroxyl groups excluding tert-OH is 6. The predicted octanol–water partition coefficient (Wildman–Crippen LogP) is -3.05. The van der Waals surface area contributed by atoms with Crippen molar-refractivity contribution in [2.45, 2.75) is 61.7 Å². The van der Waals surface area contributed by atoms with E-state index in [-0.39, 0.29) is 30.7 Å². The number of rotatable bonds is 8. The van der Waals surface area contributed by atoms with Crippen molar-refractivity contribution in [2.75, 3.05) is 19.8 Å². The first-order valence-electron chi connectivity index (χ1n) is 10.1. The van der Waals surface area contributed by atoms with E-state index in [0.29, 0.717) is 6.42 Å². The molecule has 0 aromatic heterocycles. The Labute approximate surface area is 183 Å². The summed E-state index contributed by atoms with van der Waals surface area (Å²) in [6.45, 7) is -0.645. The normalized spacial score (nSPS) is 38.1. The molecule has 0 bridgehead atoms. The van der Waals surface area contributed by atoms with E-state index < -0.39 is 55.3 Å². The molecule has 2 fully saturated rings. The number of hydrogen-bond donors (Lipinski definition) is 8. The Bertz CT molecular complexity index is 706. The largest absolute Gasteiger partial charge is 0.462 e. The molecule has 9 atom stereocenters. The maximum atomic E-state index is 10.2. The minimum atomic E-state index is -1.62. The van der Waals surface area contributed by atoms with Gasteiger partial charge in [-0.1, -0.05) is 17.4 Å². The van der Waals surface area contributed by atoms with Gasteiger partial charge in [-0.15, -0.1) is 0 Å². The van der Waals surface area contributed by atoms with Gasteiger partial charge >= 0.3 is 0 Å². The fourth-order valence-electron chi connectivity index (χ4n) is 3.37. The summed E-state index contributed by atoms with van der Waals surface area (Å²) in [5, 5.41) is 77.3. The summed E-state index contributed by atoms with van der Waals surface area (Å²) in [4.78, 5) is 0. The quantitative estimate of drug-likeness (QED) is 0.181. The Morgan fingerprint density at radius 1 is 0.844 bits per heavy atom. The highest BCUT2D eigenvalue weighted by atomic mass is 16.8. The molecule has 1 aromatic carbocycles. The molecule has 0 spiro atoms. The second-order valence-corrected chi connectivity index (χ2v) is 7.71. The third kappa shape index (κ3) is 6.11. The van der Waals surface area contributed by atoms with Crippen LogP contribution < -0.4 is 4.74 Å². The molecule has 0 saturated carbocycles. The molecular weight excluding hydrogens is 434 g/mol. The lowest BCUT2D eigenvalue weighted by Crippen LogP contribution is -2.61. The monoisotopic (exact) mass is 463 g/mol. The van der Waals surface area contributed by atoms with Crippen molar-refractivity contribution in [3.63, 3.8) is 0 Å². The first kappa shape index (κ1) is 25.2. The molecule has 3 rings (SSSR count). The summed E-state index contributed by atoms with van der Waals surface area (Å²) in [7, 11) is 0. The van der Waals surface area contributed by atoms with Crippen LogP contribution in [0.25, 0.3) is 0 Å². The van der Waals surface area contributed by atoms with Crippen molar-refractivity contribution in [1.82, 2.24) is 5.23 Å². The minimum absolute atomic E-state index is 0.00576. The molecule has 2 heterocycles. The molecule has 32 heavy (non-hydrogen) atoms. The molecule has 13 heteroatoms. The Morgan fingerprint density at radius 3 is 2.16 bits per heavy atom. The summed E-state index contributed by atoms with van der Waals surface area (Å²) in [6.07, 6.45) is -12.5. The lowest BCUT2D eigenvalue weighted by molar-refractivity contribution is -0.307. The number of benzene rings is 1. The van der Waals surface area contributed by atoms with Crippen molar-refractivity contribution in [2.24, 2.45) is 0 Å². The Hall–Kier alpha value is -1.46. The van der Waals surface area contributed by atoms with Gasteiger partial charge in [0.1, 0.15) is 48.5 Å². The summed E-state index contributed by atoms with van der Waals surface area (Å²) < 4.78 is 21.6. The van der Waals surface area contributed by atoms with Gasteiger partial charge in [-0.2, -0.15) is 0 Å². The SMILES string of the molecule is OC1COC(OCC2OC(Oc3ccc(CCN(O)O)cc3)C(O)C(O)C2O)C(O)C1O.